The van der Waals surface area contributed by atoms with Gasteiger partial charge in [0.15, 0.2) is 0 Å². The third kappa shape index (κ3) is 1.76. The second-order valence-electron chi connectivity index (χ2n) is 3.33. The minimum atomic E-state index is -3.66. The molecule has 0 unspecified atom stereocenters. The molecular weight excluding hydrogens is 243 g/mol. The quantitative estimate of drug-likeness (QED) is 0.719. The highest BCUT2D eigenvalue weighted by molar-refractivity contribution is 8.13. The Morgan fingerprint density at radius 2 is 1.93 bits per heavy atom. The van der Waals surface area contributed by atoms with Gasteiger partial charge >= 0.3 is 0 Å². The van der Waals surface area contributed by atoms with Gasteiger partial charge in [0.1, 0.15) is 0 Å². The molecule has 0 aliphatic heterocycles. The van der Waals surface area contributed by atoms with Crippen LogP contribution >= 0.6 is 22.3 Å². The van der Waals surface area contributed by atoms with Crippen molar-refractivity contribution in [1.82, 2.24) is 0 Å². The lowest BCUT2D eigenvalue weighted by Gasteiger charge is -2.04. The number of halogens is 2. The number of aryl methyl sites for hydroxylation is 1. The minimum absolute atomic E-state index is 0.102. The van der Waals surface area contributed by atoms with Crippen LogP contribution in [0.3, 0.4) is 0 Å². The number of hydrogen-bond donors (Lipinski definition) is 0. The fourth-order valence-electron chi connectivity index (χ4n) is 1.77. The van der Waals surface area contributed by atoms with Crippen LogP contribution in [0.25, 0.3) is 0 Å². The SMILES string of the molecule is O=S(=O)(Cl)c1cc(Cl)c2c(c1)CCC2. The van der Waals surface area contributed by atoms with Gasteiger partial charge in [0.2, 0.25) is 0 Å². The van der Waals surface area contributed by atoms with Crippen molar-refractivity contribution < 1.29 is 8.42 Å². The summed E-state index contributed by atoms with van der Waals surface area (Å²) in [5.41, 5.74) is 2.08. The van der Waals surface area contributed by atoms with Crippen LogP contribution in [0.1, 0.15) is 17.5 Å². The lowest BCUT2D eigenvalue weighted by molar-refractivity contribution is 0.609. The fourth-order valence-corrected chi connectivity index (χ4v) is 2.97. The van der Waals surface area contributed by atoms with Crippen LogP contribution in [-0.4, -0.2) is 8.42 Å². The highest BCUT2D eigenvalue weighted by atomic mass is 35.7. The first-order valence-corrected chi connectivity index (χ1v) is 6.93. The molecule has 0 saturated heterocycles. The smallest absolute Gasteiger partial charge is 0.207 e. The summed E-state index contributed by atoms with van der Waals surface area (Å²) in [5.74, 6) is 0. The van der Waals surface area contributed by atoms with E-state index in [4.69, 9.17) is 22.3 Å². The first-order valence-electron chi connectivity index (χ1n) is 4.24. The van der Waals surface area contributed by atoms with Gasteiger partial charge in [-0.3, -0.25) is 0 Å². The Bertz CT molecular complexity index is 480. The summed E-state index contributed by atoms with van der Waals surface area (Å²) >= 11 is 5.96. The molecule has 1 aliphatic carbocycles. The van der Waals surface area contributed by atoms with Gasteiger partial charge in [-0.15, -0.1) is 0 Å². The molecular formula is C9H8Cl2O2S. The maximum absolute atomic E-state index is 11.1. The molecule has 0 bridgehead atoms. The zero-order chi connectivity index (χ0) is 10.3. The molecule has 0 heterocycles. The zero-order valence-corrected chi connectivity index (χ0v) is 9.59. The Morgan fingerprint density at radius 3 is 2.57 bits per heavy atom. The summed E-state index contributed by atoms with van der Waals surface area (Å²) in [6.07, 6.45) is 2.84. The molecule has 0 N–H and O–H groups in total. The molecule has 2 nitrogen and oxygen atoms in total. The number of rotatable bonds is 1. The van der Waals surface area contributed by atoms with Crippen molar-refractivity contribution in [1.29, 1.82) is 0 Å². The monoisotopic (exact) mass is 250 g/mol. The van der Waals surface area contributed by atoms with Gasteiger partial charge in [-0.1, -0.05) is 11.6 Å². The molecule has 1 aromatic carbocycles. The second-order valence-corrected chi connectivity index (χ2v) is 6.31. The van der Waals surface area contributed by atoms with Crippen molar-refractivity contribution in [3.63, 3.8) is 0 Å². The Hall–Kier alpha value is -0.250. The van der Waals surface area contributed by atoms with Crippen molar-refractivity contribution in [2.45, 2.75) is 24.2 Å². The van der Waals surface area contributed by atoms with Crippen molar-refractivity contribution in [2.24, 2.45) is 0 Å². The van der Waals surface area contributed by atoms with Crippen LogP contribution in [0.5, 0.6) is 0 Å². The van der Waals surface area contributed by atoms with Crippen molar-refractivity contribution >= 4 is 31.3 Å². The normalized spacial score (nSPS) is 15.6. The van der Waals surface area contributed by atoms with Crippen LogP contribution in [0.4, 0.5) is 0 Å². The highest BCUT2D eigenvalue weighted by Crippen LogP contribution is 2.32. The van der Waals surface area contributed by atoms with E-state index in [1.165, 1.54) is 6.07 Å². The van der Waals surface area contributed by atoms with Gasteiger partial charge in [0, 0.05) is 15.7 Å². The summed E-state index contributed by atoms with van der Waals surface area (Å²) in [6, 6.07) is 3.05. The lowest BCUT2D eigenvalue weighted by atomic mass is 10.1. The van der Waals surface area contributed by atoms with Crippen molar-refractivity contribution in [2.75, 3.05) is 0 Å². The Morgan fingerprint density at radius 1 is 1.21 bits per heavy atom. The van der Waals surface area contributed by atoms with E-state index in [0.717, 1.165) is 30.4 Å². The van der Waals surface area contributed by atoms with E-state index >= 15 is 0 Å². The lowest BCUT2D eigenvalue weighted by Crippen LogP contribution is -1.94. The molecule has 1 aromatic rings. The van der Waals surface area contributed by atoms with E-state index in [1.54, 1.807) is 6.07 Å². The number of benzene rings is 1. The number of hydrogen-bond acceptors (Lipinski definition) is 2. The maximum atomic E-state index is 11.1. The van der Waals surface area contributed by atoms with Crippen LogP contribution in [0.15, 0.2) is 17.0 Å². The van der Waals surface area contributed by atoms with E-state index in [1.807, 2.05) is 0 Å². The number of fused-ring (bicyclic) bond motifs is 1. The molecule has 0 fully saturated rings. The van der Waals surface area contributed by atoms with Crippen LogP contribution in [0.2, 0.25) is 5.02 Å². The average molecular weight is 251 g/mol. The van der Waals surface area contributed by atoms with Crippen LogP contribution in [0, 0.1) is 0 Å². The Balaban J connectivity index is 2.64. The summed E-state index contributed by atoms with van der Waals surface area (Å²) in [7, 11) is 1.59. The molecule has 0 radical (unpaired) electrons. The zero-order valence-electron chi connectivity index (χ0n) is 7.26. The highest BCUT2D eigenvalue weighted by Gasteiger charge is 2.19. The van der Waals surface area contributed by atoms with E-state index in [9.17, 15) is 8.42 Å². The van der Waals surface area contributed by atoms with Gasteiger partial charge in [-0.2, -0.15) is 0 Å². The fraction of sp³-hybridized carbons (Fsp3) is 0.333. The van der Waals surface area contributed by atoms with Gasteiger partial charge < -0.3 is 0 Å². The van der Waals surface area contributed by atoms with Crippen molar-refractivity contribution in [3.05, 3.63) is 28.3 Å². The summed E-state index contributed by atoms with van der Waals surface area (Å²) in [6.45, 7) is 0. The third-order valence-electron chi connectivity index (χ3n) is 2.42. The van der Waals surface area contributed by atoms with Gasteiger partial charge in [0.05, 0.1) is 4.90 Å². The predicted molar refractivity (Wildman–Crippen MR) is 56.5 cm³/mol. The molecule has 1 aliphatic rings. The van der Waals surface area contributed by atoms with Crippen molar-refractivity contribution in [3.8, 4) is 0 Å². The predicted octanol–water partition coefficient (Wildman–Crippen LogP) is 2.76. The summed E-state index contributed by atoms with van der Waals surface area (Å²) in [4.78, 5) is 0.102. The van der Waals surface area contributed by atoms with E-state index in [0.29, 0.717) is 5.02 Å². The molecule has 0 saturated carbocycles. The first-order chi connectivity index (χ1) is 6.48. The molecule has 0 spiro atoms. The average Bonchev–Trinajstić information content (AvgIpc) is 2.50. The third-order valence-corrected chi connectivity index (χ3v) is 4.09. The van der Waals surface area contributed by atoms with E-state index in [-0.39, 0.29) is 4.90 Å². The summed E-state index contributed by atoms with van der Waals surface area (Å²) < 4.78 is 22.2. The molecule has 2 rings (SSSR count). The maximum Gasteiger partial charge on any atom is 0.261 e. The molecule has 76 valence electrons. The summed E-state index contributed by atoms with van der Waals surface area (Å²) in [5, 5.41) is 0.513. The largest absolute Gasteiger partial charge is 0.261 e. The van der Waals surface area contributed by atoms with Gasteiger partial charge in [-0.05, 0) is 42.5 Å². The first kappa shape index (κ1) is 10.3. The topological polar surface area (TPSA) is 34.1 Å². The van der Waals surface area contributed by atoms with Gasteiger partial charge in [-0.25, -0.2) is 8.42 Å². The Labute approximate surface area is 92.3 Å². The molecule has 14 heavy (non-hydrogen) atoms. The molecule has 0 amide bonds. The van der Waals surface area contributed by atoms with Crippen LogP contribution in [-0.2, 0) is 21.9 Å². The molecule has 0 atom stereocenters. The minimum Gasteiger partial charge on any atom is -0.207 e. The molecule has 5 heteroatoms. The van der Waals surface area contributed by atoms with Gasteiger partial charge in [0.25, 0.3) is 9.05 Å². The van der Waals surface area contributed by atoms with Crippen LogP contribution < -0.4 is 0 Å². The van der Waals surface area contributed by atoms with E-state index < -0.39 is 9.05 Å². The molecule has 0 aromatic heterocycles. The standard InChI is InChI=1S/C9H8Cl2O2S/c10-9-5-7(14(11,12)13)4-6-2-1-3-8(6)9/h4-5H,1-3H2. The van der Waals surface area contributed by atoms with E-state index in [2.05, 4.69) is 0 Å². The Kier molecular flexibility index (Phi) is 2.50. The second kappa shape index (κ2) is 3.40.